The maximum atomic E-state index is 12.0. The molecule has 2 aromatic rings. The number of fused-ring (bicyclic) bond motifs is 1. The highest BCUT2D eigenvalue weighted by Crippen LogP contribution is 2.32. The number of hydrogen-bond acceptors (Lipinski definition) is 5. The molecule has 0 fully saturated rings. The van der Waals surface area contributed by atoms with E-state index in [1.807, 2.05) is 24.3 Å². The lowest BCUT2D eigenvalue weighted by atomic mass is 9.87. The Labute approximate surface area is 164 Å². The molecule has 0 aliphatic carbocycles. The number of carbonyl (C=O) groups is 1. The second-order valence-electron chi connectivity index (χ2n) is 7.39. The number of hydrogen-bond donors (Lipinski definition) is 0. The molecule has 0 saturated carbocycles. The normalized spacial score (nSPS) is 13.5. The van der Waals surface area contributed by atoms with Crippen LogP contribution in [0.4, 0.5) is 0 Å². The fourth-order valence-electron chi connectivity index (χ4n) is 2.76. The van der Waals surface area contributed by atoms with Crippen LogP contribution in [0.25, 0.3) is 0 Å². The topological polar surface area (TPSA) is 54.0 Å². The van der Waals surface area contributed by atoms with Crippen molar-refractivity contribution in [3.05, 3.63) is 58.1 Å². The largest absolute Gasteiger partial charge is 0.482 e. The van der Waals surface area contributed by atoms with Gasteiger partial charge in [0.1, 0.15) is 18.1 Å². The van der Waals surface area contributed by atoms with E-state index in [4.69, 9.17) is 30.5 Å². The molecule has 144 valence electrons. The highest BCUT2D eigenvalue weighted by atomic mass is 35.5. The van der Waals surface area contributed by atoms with E-state index in [1.54, 1.807) is 12.1 Å². The molecule has 1 aliphatic heterocycles. The van der Waals surface area contributed by atoms with Gasteiger partial charge in [0, 0.05) is 16.1 Å². The molecule has 0 saturated heterocycles. The van der Waals surface area contributed by atoms with Gasteiger partial charge >= 0.3 is 5.97 Å². The van der Waals surface area contributed by atoms with Crippen LogP contribution in [-0.4, -0.2) is 19.4 Å². The first-order chi connectivity index (χ1) is 12.8. The lowest BCUT2D eigenvalue weighted by Gasteiger charge is -2.21. The van der Waals surface area contributed by atoms with Gasteiger partial charge in [-0.3, -0.25) is 0 Å². The average Bonchev–Trinajstić information content (AvgIpc) is 2.64. The van der Waals surface area contributed by atoms with E-state index in [2.05, 4.69) is 20.8 Å². The van der Waals surface area contributed by atoms with E-state index in [0.717, 1.165) is 5.56 Å². The van der Waals surface area contributed by atoms with Gasteiger partial charge in [-0.25, -0.2) is 4.79 Å². The SMILES string of the molecule is CC(C)(C)c1ccc(OCC(=O)OCc2cc(Cl)cc3c2OCOC3)cc1. The van der Waals surface area contributed by atoms with Crippen molar-refractivity contribution in [3.63, 3.8) is 0 Å². The number of rotatable bonds is 5. The molecule has 0 N–H and O–H groups in total. The van der Waals surface area contributed by atoms with Crippen LogP contribution in [0.5, 0.6) is 11.5 Å². The predicted octanol–water partition coefficient (Wildman–Crippen LogP) is 4.63. The van der Waals surface area contributed by atoms with Crippen molar-refractivity contribution in [2.45, 2.75) is 39.4 Å². The van der Waals surface area contributed by atoms with Crippen molar-refractivity contribution in [2.24, 2.45) is 0 Å². The van der Waals surface area contributed by atoms with Gasteiger partial charge in [0.15, 0.2) is 13.4 Å². The van der Waals surface area contributed by atoms with Gasteiger partial charge < -0.3 is 18.9 Å². The molecule has 3 rings (SSSR count). The Kier molecular flexibility index (Phi) is 5.92. The molecular formula is C21H23ClO5. The zero-order valence-electron chi connectivity index (χ0n) is 15.7. The first-order valence-electron chi connectivity index (χ1n) is 8.74. The van der Waals surface area contributed by atoms with Crippen LogP contribution in [-0.2, 0) is 32.9 Å². The van der Waals surface area contributed by atoms with Crippen molar-refractivity contribution >= 4 is 17.6 Å². The highest BCUT2D eigenvalue weighted by molar-refractivity contribution is 6.30. The van der Waals surface area contributed by atoms with E-state index in [0.29, 0.717) is 28.7 Å². The van der Waals surface area contributed by atoms with E-state index < -0.39 is 5.97 Å². The minimum atomic E-state index is -0.462. The minimum Gasteiger partial charge on any atom is -0.482 e. The van der Waals surface area contributed by atoms with Gasteiger partial charge in [-0.15, -0.1) is 0 Å². The smallest absolute Gasteiger partial charge is 0.344 e. The molecule has 0 unspecified atom stereocenters. The van der Waals surface area contributed by atoms with Gasteiger partial charge in [-0.2, -0.15) is 0 Å². The van der Waals surface area contributed by atoms with Crippen LogP contribution >= 0.6 is 11.6 Å². The van der Waals surface area contributed by atoms with Crippen molar-refractivity contribution < 1.29 is 23.7 Å². The molecule has 0 bridgehead atoms. The third-order valence-electron chi connectivity index (χ3n) is 4.22. The molecule has 0 amide bonds. The third-order valence-corrected chi connectivity index (χ3v) is 4.44. The summed E-state index contributed by atoms with van der Waals surface area (Å²) in [6.45, 7) is 6.92. The monoisotopic (exact) mass is 390 g/mol. The number of halogens is 1. The summed E-state index contributed by atoms with van der Waals surface area (Å²) in [6, 6.07) is 11.2. The molecule has 2 aromatic carbocycles. The van der Waals surface area contributed by atoms with Crippen LogP contribution in [0.2, 0.25) is 5.02 Å². The lowest BCUT2D eigenvalue weighted by molar-refractivity contribution is -0.147. The lowest BCUT2D eigenvalue weighted by Crippen LogP contribution is -2.17. The first kappa shape index (κ1) is 19.5. The number of ether oxygens (including phenoxy) is 4. The molecule has 0 aromatic heterocycles. The Balaban J connectivity index is 1.54. The molecule has 1 aliphatic rings. The summed E-state index contributed by atoms with van der Waals surface area (Å²) in [4.78, 5) is 12.0. The molecule has 6 heteroatoms. The molecule has 1 heterocycles. The standard InChI is InChI=1S/C21H23ClO5/c1-21(2,3)16-4-6-18(7-5-16)25-12-19(23)26-11-15-9-17(22)8-14-10-24-13-27-20(14)15/h4-9H,10-13H2,1-3H3. The molecular weight excluding hydrogens is 368 g/mol. The molecule has 27 heavy (non-hydrogen) atoms. The quantitative estimate of drug-likeness (QED) is 0.697. The fourth-order valence-corrected chi connectivity index (χ4v) is 3.02. The molecule has 0 radical (unpaired) electrons. The van der Waals surface area contributed by atoms with Crippen LogP contribution in [0.1, 0.15) is 37.5 Å². The number of carbonyl (C=O) groups excluding carboxylic acids is 1. The molecule has 5 nitrogen and oxygen atoms in total. The highest BCUT2D eigenvalue weighted by Gasteiger charge is 2.18. The Bertz CT molecular complexity index is 809. The van der Waals surface area contributed by atoms with E-state index in [1.165, 1.54) is 5.56 Å². The van der Waals surface area contributed by atoms with Crippen molar-refractivity contribution in [1.29, 1.82) is 0 Å². The second kappa shape index (κ2) is 8.19. The zero-order valence-corrected chi connectivity index (χ0v) is 16.5. The maximum Gasteiger partial charge on any atom is 0.344 e. The Morgan fingerprint density at radius 1 is 1.19 bits per heavy atom. The summed E-state index contributed by atoms with van der Waals surface area (Å²) in [7, 11) is 0. The van der Waals surface area contributed by atoms with Gasteiger partial charge in [-0.1, -0.05) is 44.5 Å². The summed E-state index contributed by atoms with van der Waals surface area (Å²) >= 11 is 6.11. The average molecular weight is 391 g/mol. The Morgan fingerprint density at radius 3 is 2.63 bits per heavy atom. The van der Waals surface area contributed by atoms with Crippen LogP contribution in [0.3, 0.4) is 0 Å². The summed E-state index contributed by atoms with van der Waals surface area (Å²) in [5, 5.41) is 0.545. The molecule has 0 spiro atoms. The first-order valence-corrected chi connectivity index (χ1v) is 9.11. The summed E-state index contributed by atoms with van der Waals surface area (Å²) in [6.07, 6.45) is 0. The third kappa shape index (κ3) is 5.15. The van der Waals surface area contributed by atoms with E-state index in [9.17, 15) is 4.79 Å². The maximum absolute atomic E-state index is 12.0. The van der Waals surface area contributed by atoms with Crippen LogP contribution in [0.15, 0.2) is 36.4 Å². The van der Waals surface area contributed by atoms with Crippen LogP contribution < -0.4 is 9.47 Å². The van der Waals surface area contributed by atoms with Gasteiger partial charge in [0.25, 0.3) is 0 Å². The second-order valence-corrected chi connectivity index (χ2v) is 7.82. The van der Waals surface area contributed by atoms with Crippen molar-refractivity contribution in [1.82, 2.24) is 0 Å². The predicted molar refractivity (Wildman–Crippen MR) is 102 cm³/mol. The molecule has 0 atom stereocenters. The summed E-state index contributed by atoms with van der Waals surface area (Å²) in [5.74, 6) is 0.827. The minimum absolute atomic E-state index is 0.0635. The fraction of sp³-hybridized carbons (Fsp3) is 0.381. The number of esters is 1. The van der Waals surface area contributed by atoms with Crippen molar-refractivity contribution in [2.75, 3.05) is 13.4 Å². The summed E-state index contributed by atoms with van der Waals surface area (Å²) < 4.78 is 21.6. The van der Waals surface area contributed by atoms with Gasteiger partial charge in [0.05, 0.1) is 6.61 Å². The van der Waals surface area contributed by atoms with Crippen LogP contribution in [0, 0.1) is 0 Å². The van der Waals surface area contributed by atoms with Gasteiger partial charge in [0.2, 0.25) is 0 Å². The summed E-state index contributed by atoms with van der Waals surface area (Å²) in [5.41, 5.74) is 2.83. The van der Waals surface area contributed by atoms with E-state index in [-0.39, 0.29) is 25.4 Å². The Morgan fingerprint density at radius 2 is 1.93 bits per heavy atom. The Hall–Kier alpha value is -2.24. The van der Waals surface area contributed by atoms with Gasteiger partial charge in [-0.05, 0) is 35.2 Å². The number of benzene rings is 2. The zero-order chi connectivity index (χ0) is 19.4. The van der Waals surface area contributed by atoms with E-state index >= 15 is 0 Å². The van der Waals surface area contributed by atoms with Crippen molar-refractivity contribution in [3.8, 4) is 11.5 Å².